The number of carbonyl (C=O) groups excluding carboxylic acids is 1. The zero-order valence-electron chi connectivity index (χ0n) is 11.4. The maximum atomic E-state index is 11.6. The van der Waals surface area contributed by atoms with E-state index in [0.717, 1.165) is 6.42 Å². The number of nitrogens with one attached hydrogen (secondary N) is 1. The van der Waals surface area contributed by atoms with Crippen LogP contribution in [0.25, 0.3) is 0 Å². The lowest BCUT2D eigenvalue weighted by Crippen LogP contribution is -2.50. The van der Waals surface area contributed by atoms with Crippen LogP contribution < -0.4 is 11.1 Å². The van der Waals surface area contributed by atoms with Gasteiger partial charge in [-0.1, -0.05) is 27.2 Å². The van der Waals surface area contributed by atoms with Gasteiger partial charge in [-0.05, 0) is 37.5 Å². The highest BCUT2D eigenvalue weighted by atomic mass is 35.5. The average Bonchev–Trinajstić information content (AvgIpc) is 2.16. The second-order valence-electron chi connectivity index (χ2n) is 5.73. The van der Waals surface area contributed by atoms with Crippen LogP contribution in [0.3, 0.4) is 0 Å². The Morgan fingerprint density at radius 1 is 1.29 bits per heavy atom. The van der Waals surface area contributed by atoms with Gasteiger partial charge in [-0.25, -0.2) is 0 Å². The van der Waals surface area contributed by atoms with E-state index in [1.54, 1.807) is 6.92 Å². The van der Waals surface area contributed by atoms with Gasteiger partial charge in [-0.2, -0.15) is 0 Å². The lowest BCUT2D eigenvalue weighted by Gasteiger charge is -2.38. The van der Waals surface area contributed by atoms with E-state index >= 15 is 0 Å². The van der Waals surface area contributed by atoms with Crippen molar-refractivity contribution < 1.29 is 4.79 Å². The van der Waals surface area contributed by atoms with Crippen molar-refractivity contribution in [2.75, 3.05) is 0 Å². The largest absolute Gasteiger partial charge is 0.352 e. The summed E-state index contributed by atoms with van der Waals surface area (Å²) in [6.07, 6.45) is 3.61. The molecule has 4 atom stereocenters. The van der Waals surface area contributed by atoms with Gasteiger partial charge in [0, 0.05) is 6.04 Å². The molecule has 4 unspecified atom stereocenters. The molecule has 0 aromatic heterocycles. The fraction of sp³-hybridized carbons (Fsp3) is 0.923. The smallest absolute Gasteiger partial charge is 0.236 e. The third-order valence-corrected chi connectivity index (χ3v) is 3.76. The summed E-state index contributed by atoms with van der Waals surface area (Å²) in [5.41, 5.74) is 5.60. The molecule has 1 aliphatic rings. The van der Waals surface area contributed by atoms with Crippen LogP contribution in [-0.2, 0) is 4.79 Å². The van der Waals surface area contributed by atoms with Crippen LogP contribution in [0.2, 0.25) is 0 Å². The Kier molecular flexibility index (Phi) is 7.10. The van der Waals surface area contributed by atoms with Gasteiger partial charge in [-0.3, -0.25) is 4.79 Å². The van der Waals surface area contributed by atoms with Gasteiger partial charge in [0.2, 0.25) is 5.91 Å². The summed E-state index contributed by atoms with van der Waals surface area (Å²) in [7, 11) is 0. The first kappa shape index (κ1) is 16.7. The molecule has 0 bridgehead atoms. The molecular weight excluding hydrogens is 236 g/mol. The summed E-state index contributed by atoms with van der Waals surface area (Å²) in [6.45, 7) is 8.49. The Balaban J connectivity index is 0.00000256. The van der Waals surface area contributed by atoms with Gasteiger partial charge in [0.1, 0.15) is 0 Å². The molecule has 0 saturated heterocycles. The van der Waals surface area contributed by atoms with Crippen molar-refractivity contribution in [1.29, 1.82) is 0 Å². The molecule has 1 aliphatic carbocycles. The van der Waals surface area contributed by atoms with E-state index in [0.29, 0.717) is 23.8 Å². The standard InChI is InChI=1S/C13H26N2O.ClH/c1-8(2)11-6-5-9(3)7-12(11)15-13(16)10(4)14;/h8-12H,5-7,14H2,1-4H3,(H,15,16);1H. The van der Waals surface area contributed by atoms with Gasteiger partial charge in [0.25, 0.3) is 0 Å². The minimum Gasteiger partial charge on any atom is -0.352 e. The number of hydrogen-bond donors (Lipinski definition) is 2. The van der Waals surface area contributed by atoms with Crippen molar-refractivity contribution in [2.45, 2.75) is 59.0 Å². The lowest BCUT2D eigenvalue weighted by molar-refractivity contribution is -0.123. The number of hydrogen-bond acceptors (Lipinski definition) is 2. The van der Waals surface area contributed by atoms with Crippen LogP contribution >= 0.6 is 12.4 Å². The maximum absolute atomic E-state index is 11.6. The van der Waals surface area contributed by atoms with Crippen LogP contribution in [0.1, 0.15) is 47.0 Å². The van der Waals surface area contributed by atoms with Crippen LogP contribution in [0, 0.1) is 17.8 Å². The lowest BCUT2D eigenvalue weighted by atomic mass is 9.74. The number of carbonyl (C=O) groups is 1. The van der Waals surface area contributed by atoms with Crippen molar-refractivity contribution in [1.82, 2.24) is 5.32 Å². The molecule has 0 spiro atoms. The van der Waals surface area contributed by atoms with Gasteiger partial charge in [0.05, 0.1) is 6.04 Å². The Bertz CT molecular complexity index is 244. The average molecular weight is 263 g/mol. The number of amides is 1. The molecule has 4 heteroatoms. The zero-order chi connectivity index (χ0) is 12.3. The summed E-state index contributed by atoms with van der Waals surface area (Å²) >= 11 is 0. The third-order valence-electron chi connectivity index (χ3n) is 3.76. The predicted molar refractivity (Wildman–Crippen MR) is 74.2 cm³/mol. The summed E-state index contributed by atoms with van der Waals surface area (Å²) in [4.78, 5) is 11.6. The quantitative estimate of drug-likeness (QED) is 0.820. The maximum Gasteiger partial charge on any atom is 0.236 e. The summed E-state index contributed by atoms with van der Waals surface area (Å²) < 4.78 is 0. The Morgan fingerprint density at radius 3 is 2.35 bits per heavy atom. The molecule has 0 aliphatic heterocycles. The van der Waals surface area contributed by atoms with Gasteiger partial charge >= 0.3 is 0 Å². The number of halogens is 1. The molecular formula is C13H27ClN2O. The molecule has 1 saturated carbocycles. The van der Waals surface area contributed by atoms with E-state index < -0.39 is 6.04 Å². The van der Waals surface area contributed by atoms with Gasteiger partial charge < -0.3 is 11.1 Å². The molecule has 1 amide bonds. The molecule has 1 rings (SSSR count). The highest BCUT2D eigenvalue weighted by molar-refractivity contribution is 5.85. The molecule has 0 heterocycles. The van der Waals surface area contributed by atoms with Crippen LogP contribution in [0.15, 0.2) is 0 Å². The van der Waals surface area contributed by atoms with Crippen molar-refractivity contribution in [2.24, 2.45) is 23.5 Å². The highest BCUT2D eigenvalue weighted by Crippen LogP contribution is 2.33. The monoisotopic (exact) mass is 262 g/mol. The molecule has 17 heavy (non-hydrogen) atoms. The molecule has 3 nitrogen and oxygen atoms in total. The first-order valence-electron chi connectivity index (χ1n) is 6.47. The van der Waals surface area contributed by atoms with E-state index in [2.05, 4.69) is 26.1 Å². The van der Waals surface area contributed by atoms with Crippen LogP contribution in [0.5, 0.6) is 0 Å². The van der Waals surface area contributed by atoms with E-state index in [1.807, 2.05) is 0 Å². The van der Waals surface area contributed by atoms with Crippen molar-refractivity contribution in [3.8, 4) is 0 Å². The second kappa shape index (κ2) is 7.22. The van der Waals surface area contributed by atoms with Crippen molar-refractivity contribution in [3.05, 3.63) is 0 Å². The SMILES string of the molecule is CC1CCC(C(C)C)C(NC(=O)C(C)N)C1.Cl. The number of nitrogens with two attached hydrogens (primary N) is 1. The highest BCUT2D eigenvalue weighted by Gasteiger charge is 2.31. The molecule has 102 valence electrons. The predicted octanol–water partition coefficient (Wildman–Crippen LogP) is 2.33. The van der Waals surface area contributed by atoms with Gasteiger partial charge in [0.15, 0.2) is 0 Å². The fourth-order valence-corrected chi connectivity index (χ4v) is 2.68. The minimum absolute atomic E-state index is 0. The molecule has 0 aromatic rings. The molecule has 3 N–H and O–H groups in total. The van der Waals surface area contributed by atoms with Crippen molar-refractivity contribution in [3.63, 3.8) is 0 Å². The number of rotatable bonds is 3. The second-order valence-corrected chi connectivity index (χ2v) is 5.73. The van der Waals surface area contributed by atoms with Crippen LogP contribution in [0.4, 0.5) is 0 Å². The normalized spacial score (nSPS) is 30.6. The topological polar surface area (TPSA) is 55.1 Å². The Hall–Kier alpha value is -0.280. The Morgan fingerprint density at radius 2 is 1.88 bits per heavy atom. The van der Waals surface area contributed by atoms with E-state index in [-0.39, 0.29) is 18.3 Å². The zero-order valence-corrected chi connectivity index (χ0v) is 12.2. The molecule has 0 radical (unpaired) electrons. The summed E-state index contributed by atoms with van der Waals surface area (Å²) in [5.74, 6) is 1.95. The van der Waals surface area contributed by atoms with Gasteiger partial charge in [-0.15, -0.1) is 12.4 Å². The fourth-order valence-electron chi connectivity index (χ4n) is 2.68. The summed E-state index contributed by atoms with van der Waals surface area (Å²) in [6, 6.07) is -0.0766. The van der Waals surface area contributed by atoms with E-state index in [9.17, 15) is 4.79 Å². The van der Waals surface area contributed by atoms with Crippen LogP contribution in [-0.4, -0.2) is 18.0 Å². The van der Waals surface area contributed by atoms with E-state index in [4.69, 9.17) is 5.73 Å². The van der Waals surface area contributed by atoms with E-state index in [1.165, 1.54) is 12.8 Å². The molecule has 0 aromatic carbocycles. The first-order chi connectivity index (χ1) is 7.41. The Labute approximate surface area is 111 Å². The molecule has 1 fully saturated rings. The third kappa shape index (κ3) is 4.84. The van der Waals surface area contributed by atoms with Crippen molar-refractivity contribution >= 4 is 18.3 Å². The first-order valence-corrected chi connectivity index (χ1v) is 6.47. The minimum atomic E-state index is -0.398. The summed E-state index contributed by atoms with van der Waals surface area (Å²) in [5, 5.41) is 3.12.